The van der Waals surface area contributed by atoms with Crippen LogP contribution in [0.4, 0.5) is 0 Å². The Morgan fingerprint density at radius 1 is 1.22 bits per heavy atom. The van der Waals surface area contributed by atoms with Crippen LogP contribution in [0.1, 0.15) is 23.5 Å². The molecule has 1 aromatic heterocycles. The lowest BCUT2D eigenvalue weighted by Gasteiger charge is -2.33. The van der Waals surface area contributed by atoms with E-state index in [1.807, 2.05) is 40.6 Å². The average Bonchev–Trinajstić information content (AvgIpc) is 3.22. The summed E-state index contributed by atoms with van der Waals surface area (Å²) in [5.74, 6) is 0.0194. The molecule has 1 amide bonds. The van der Waals surface area contributed by atoms with Crippen molar-refractivity contribution in [3.63, 3.8) is 0 Å². The number of aromatic nitrogens is 1. The SMILES string of the molecule is CCS(=O)(=O)N1CCN(CC(=O)NC(c2ccccc2)c2nccs2)CC1. The first-order valence-electron chi connectivity index (χ1n) is 8.93. The number of amides is 1. The highest BCUT2D eigenvalue weighted by Gasteiger charge is 2.27. The highest BCUT2D eigenvalue weighted by Crippen LogP contribution is 2.23. The molecule has 9 heteroatoms. The van der Waals surface area contributed by atoms with Crippen LogP contribution in [0.2, 0.25) is 0 Å². The summed E-state index contributed by atoms with van der Waals surface area (Å²) in [5, 5.41) is 5.81. The van der Waals surface area contributed by atoms with E-state index in [0.717, 1.165) is 10.6 Å². The fourth-order valence-electron chi connectivity index (χ4n) is 3.07. The molecule has 1 aromatic carbocycles. The standard InChI is InChI=1S/C18H24N4O3S2/c1-2-27(24,25)22-11-9-21(10-12-22)14-16(23)20-17(18-19-8-13-26-18)15-6-4-3-5-7-15/h3-8,13,17H,2,9-12,14H2,1H3,(H,20,23). The van der Waals surface area contributed by atoms with Crippen LogP contribution in [0.25, 0.3) is 0 Å². The Morgan fingerprint density at radius 3 is 2.52 bits per heavy atom. The summed E-state index contributed by atoms with van der Waals surface area (Å²) in [5.41, 5.74) is 0.986. The van der Waals surface area contributed by atoms with Crippen molar-refractivity contribution in [3.05, 3.63) is 52.5 Å². The van der Waals surface area contributed by atoms with Crippen LogP contribution in [0.5, 0.6) is 0 Å². The Bertz CT molecular complexity index is 833. The van der Waals surface area contributed by atoms with Gasteiger partial charge in [-0.2, -0.15) is 4.31 Å². The molecule has 1 fully saturated rings. The molecule has 1 saturated heterocycles. The molecule has 1 atom stereocenters. The van der Waals surface area contributed by atoms with Gasteiger partial charge in [0, 0.05) is 37.8 Å². The number of thiazole rings is 1. The Hall–Kier alpha value is -1.81. The summed E-state index contributed by atoms with van der Waals surface area (Å²) >= 11 is 1.51. The lowest BCUT2D eigenvalue weighted by molar-refractivity contribution is -0.123. The van der Waals surface area contributed by atoms with Crippen LogP contribution in [0.15, 0.2) is 41.9 Å². The van der Waals surface area contributed by atoms with Crippen molar-refractivity contribution >= 4 is 27.3 Å². The van der Waals surface area contributed by atoms with Crippen molar-refractivity contribution in [2.75, 3.05) is 38.5 Å². The predicted molar refractivity (Wildman–Crippen MR) is 106 cm³/mol. The molecule has 1 N–H and O–H groups in total. The number of benzene rings is 1. The van der Waals surface area contributed by atoms with E-state index < -0.39 is 10.0 Å². The zero-order chi connectivity index (χ0) is 19.3. The number of hydrogen-bond donors (Lipinski definition) is 1. The molecular weight excluding hydrogens is 384 g/mol. The van der Waals surface area contributed by atoms with Crippen molar-refractivity contribution < 1.29 is 13.2 Å². The van der Waals surface area contributed by atoms with E-state index in [0.29, 0.717) is 26.2 Å². The third-order valence-electron chi connectivity index (χ3n) is 4.59. The van der Waals surface area contributed by atoms with Crippen LogP contribution in [0, 0.1) is 0 Å². The van der Waals surface area contributed by atoms with Crippen molar-refractivity contribution in [2.24, 2.45) is 0 Å². The molecule has 2 aromatic rings. The summed E-state index contributed by atoms with van der Waals surface area (Å²) in [4.78, 5) is 19.0. The second-order valence-corrected chi connectivity index (χ2v) is 9.54. The first-order chi connectivity index (χ1) is 13.0. The van der Waals surface area contributed by atoms with Gasteiger partial charge in [-0.1, -0.05) is 30.3 Å². The van der Waals surface area contributed by atoms with Gasteiger partial charge in [-0.25, -0.2) is 13.4 Å². The molecule has 2 heterocycles. The summed E-state index contributed by atoms with van der Waals surface area (Å²) in [7, 11) is -3.16. The van der Waals surface area contributed by atoms with E-state index in [2.05, 4.69) is 10.3 Å². The van der Waals surface area contributed by atoms with Gasteiger partial charge in [0.2, 0.25) is 15.9 Å². The fourth-order valence-corrected chi connectivity index (χ4v) is 4.87. The first kappa shape index (κ1) is 19.9. The smallest absolute Gasteiger partial charge is 0.235 e. The third-order valence-corrected chi connectivity index (χ3v) is 7.32. The summed E-state index contributed by atoms with van der Waals surface area (Å²) in [6.07, 6.45) is 1.73. The average molecular weight is 409 g/mol. The summed E-state index contributed by atoms with van der Waals surface area (Å²) in [6, 6.07) is 9.49. The van der Waals surface area contributed by atoms with Crippen LogP contribution < -0.4 is 5.32 Å². The van der Waals surface area contributed by atoms with Crippen LogP contribution in [-0.2, 0) is 14.8 Å². The molecule has 0 bridgehead atoms. The number of nitrogens with zero attached hydrogens (tertiary/aromatic N) is 3. The van der Waals surface area contributed by atoms with Crippen molar-refractivity contribution in [1.82, 2.24) is 19.5 Å². The molecule has 27 heavy (non-hydrogen) atoms. The lowest BCUT2D eigenvalue weighted by atomic mass is 10.1. The molecule has 0 aliphatic carbocycles. The first-order valence-corrected chi connectivity index (χ1v) is 11.4. The zero-order valence-electron chi connectivity index (χ0n) is 15.2. The highest BCUT2D eigenvalue weighted by atomic mass is 32.2. The van der Waals surface area contributed by atoms with Crippen LogP contribution in [0.3, 0.4) is 0 Å². The van der Waals surface area contributed by atoms with E-state index in [9.17, 15) is 13.2 Å². The van der Waals surface area contributed by atoms with Gasteiger partial charge in [-0.15, -0.1) is 11.3 Å². The maximum absolute atomic E-state index is 12.6. The van der Waals surface area contributed by atoms with E-state index in [1.165, 1.54) is 15.6 Å². The van der Waals surface area contributed by atoms with Crippen molar-refractivity contribution in [2.45, 2.75) is 13.0 Å². The van der Waals surface area contributed by atoms with Gasteiger partial charge in [0.1, 0.15) is 11.0 Å². The maximum atomic E-state index is 12.6. The van der Waals surface area contributed by atoms with E-state index >= 15 is 0 Å². The Labute approximate surface area is 164 Å². The monoisotopic (exact) mass is 408 g/mol. The van der Waals surface area contributed by atoms with E-state index in [1.54, 1.807) is 13.1 Å². The normalized spacial score (nSPS) is 17.5. The topological polar surface area (TPSA) is 82.6 Å². The molecule has 146 valence electrons. The van der Waals surface area contributed by atoms with Gasteiger partial charge in [-0.3, -0.25) is 9.69 Å². The number of nitrogens with one attached hydrogen (secondary N) is 1. The summed E-state index contributed by atoms with van der Waals surface area (Å²) in [6.45, 7) is 3.86. The predicted octanol–water partition coefficient (Wildman–Crippen LogP) is 1.32. The second kappa shape index (κ2) is 8.92. The quantitative estimate of drug-likeness (QED) is 0.747. The Balaban J connectivity index is 1.59. The number of piperazine rings is 1. The van der Waals surface area contributed by atoms with Crippen LogP contribution >= 0.6 is 11.3 Å². The minimum atomic E-state index is -3.16. The van der Waals surface area contributed by atoms with Crippen LogP contribution in [-0.4, -0.2) is 67.0 Å². The van der Waals surface area contributed by atoms with Crippen molar-refractivity contribution in [1.29, 1.82) is 0 Å². The largest absolute Gasteiger partial charge is 0.342 e. The molecule has 1 unspecified atom stereocenters. The van der Waals surface area contributed by atoms with Crippen molar-refractivity contribution in [3.8, 4) is 0 Å². The second-order valence-electron chi connectivity index (χ2n) is 6.36. The zero-order valence-corrected chi connectivity index (χ0v) is 16.9. The molecule has 0 spiro atoms. The molecule has 3 rings (SSSR count). The van der Waals surface area contributed by atoms with Gasteiger partial charge in [0.15, 0.2) is 0 Å². The van der Waals surface area contributed by atoms with E-state index in [-0.39, 0.29) is 24.2 Å². The molecule has 1 aliphatic heterocycles. The number of hydrogen-bond acceptors (Lipinski definition) is 6. The highest BCUT2D eigenvalue weighted by molar-refractivity contribution is 7.89. The van der Waals surface area contributed by atoms with Gasteiger partial charge in [0.05, 0.1) is 12.3 Å². The molecule has 0 radical (unpaired) electrons. The molecule has 1 aliphatic rings. The maximum Gasteiger partial charge on any atom is 0.235 e. The minimum Gasteiger partial charge on any atom is -0.342 e. The number of carbonyl (C=O) groups excluding carboxylic acids is 1. The lowest BCUT2D eigenvalue weighted by Crippen LogP contribution is -2.51. The van der Waals surface area contributed by atoms with Gasteiger partial charge in [0.25, 0.3) is 0 Å². The summed E-state index contributed by atoms with van der Waals surface area (Å²) < 4.78 is 25.4. The number of rotatable bonds is 7. The molecular formula is C18H24N4O3S2. The van der Waals surface area contributed by atoms with Gasteiger partial charge < -0.3 is 5.32 Å². The number of sulfonamides is 1. The molecule has 0 saturated carbocycles. The minimum absolute atomic E-state index is 0.0918. The van der Waals surface area contributed by atoms with Gasteiger partial charge >= 0.3 is 0 Å². The third kappa shape index (κ3) is 5.13. The Kier molecular flexibility index (Phi) is 6.59. The fraction of sp³-hybridized carbons (Fsp3) is 0.444. The molecule has 7 nitrogen and oxygen atoms in total. The van der Waals surface area contributed by atoms with E-state index in [4.69, 9.17) is 0 Å². The van der Waals surface area contributed by atoms with Gasteiger partial charge in [-0.05, 0) is 12.5 Å². The number of carbonyl (C=O) groups is 1. The Morgan fingerprint density at radius 2 is 1.93 bits per heavy atom.